The van der Waals surface area contributed by atoms with Gasteiger partial charge in [0.1, 0.15) is 11.6 Å². The van der Waals surface area contributed by atoms with Gasteiger partial charge in [-0.25, -0.2) is 14.2 Å². The van der Waals surface area contributed by atoms with Crippen molar-refractivity contribution in [3.05, 3.63) is 70.1 Å². The van der Waals surface area contributed by atoms with Crippen molar-refractivity contribution in [2.45, 2.75) is 19.5 Å². The zero-order valence-electron chi connectivity index (χ0n) is 19.3. The lowest BCUT2D eigenvalue weighted by Gasteiger charge is -2.39. The maximum atomic E-state index is 14.9. The number of benzene rings is 2. The smallest absolute Gasteiger partial charge is 0.413 e. The molecule has 184 valence electrons. The van der Waals surface area contributed by atoms with Crippen LogP contribution in [0.1, 0.15) is 12.5 Å². The molecule has 35 heavy (non-hydrogen) atoms. The zero-order chi connectivity index (χ0) is 25.1. The highest BCUT2D eigenvalue weighted by molar-refractivity contribution is 6.33. The van der Waals surface area contributed by atoms with Gasteiger partial charge < -0.3 is 20.2 Å². The van der Waals surface area contributed by atoms with Crippen molar-refractivity contribution in [3.63, 3.8) is 0 Å². The summed E-state index contributed by atoms with van der Waals surface area (Å²) in [4.78, 5) is 25.7. The van der Waals surface area contributed by atoms with Gasteiger partial charge in [0, 0.05) is 47.6 Å². The highest BCUT2D eigenvalue weighted by Gasteiger charge is 2.23. The molecule has 0 bridgehead atoms. The molecule has 3 aromatic rings. The maximum Gasteiger partial charge on any atom is 0.413 e. The van der Waals surface area contributed by atoms with Crippen LogP contribution in [0.15, 0.2) is 48.7 Å². The van der Waals surface area contributed by atoms with Crippen LogP contribution in [0.25, 0.3) is 0 Å². The molecule has 1 aromatic heterocycles. The zero-order valence-corrected chi connectivity index (χ0v) is 20.8. The molecule has 1 aliphatic heterocycles. The Morgan fingerprint density at radius 3 is 2.74 bits per heavy atom. The molecule has 1 fully saturated rings. The monoisotopic (exact) mass is 518 g/mol. The van der Waals surface area contributed by atoms with E-state index in [2.05, 4.69) is 34.2 Å². The molecule has 0 saturated carbocycles. The van der Waals surface area contributed by atoms with Gasteiger partial charge in [-0.05, 0) is 62.0 Å². The van der Waals surface area contributed by atoms with Crippen LogP contribution in [0.3, 0.4) is 0 Å². The summed E-state index contributed by atoms with van der Waals surface area (Å²) in [5, 5.41) is 13.5. The average molecular weight is 519 g/mol. The lowest BCUT2D eigenvalue weighted by molar-refractivity contribution is 0.201. The van der Waals surface area contributed by atoms with E-state index >= 15 is 0 Å². The summed E-state index contributed by atoms with van der Waals surface area (Å²) in [6, 6.07) is 11.5. The number of nitrogens with one attached hydrogen (secondary N) is 1. The second-order valence-corrected chi connectivity index (χ2v) is 9.25. The minimum Gasteiger partial charge on any atom is -0.465 e. The van der Waals surface area contributed by atoms with Crippen molar-refractivity contribution in [2.24, 2.45) is 0 Å². The van der Waals surface area contributed by atoms with E-state index in [4.69, 9.17) is 23.2 Å². The van der Waals surface area contributed by atoms with E-state index in [1.165, 1.54) is 18.3 Å². The third-order valence-electron chi connectivity index (χ3n) is 5.99. The van der Waals surface area contributed by atoms with Crippen LogP contribution in [0.2, 0.25) is 10.0 Å². The molecule has 2 N–H and O–H groups in total. The van der Waals surface area contributed by atoms with Crippen LogP contribution in [0.5, 0.6) is 0 Å². The summed E-state index contributed by atoms with van der Waals surface area (Å²) in [5.41, 5.74) is 1.52. The number of amides is 1. The second kappa shape index (κ2) is 10.6. The molecular weight excluding hydrogens is 494 g/mol. The molecule has 1 atom stereocenters. The van der Waals surface area contributed by atoms with Gasteiger partial charge in [-0.1, -0.05) is 23.2 Å². The number of aromatic nitrogens is 2. The minimum absolute atomic E-state index is 0.0576. The van der Waals surface area contributed by atoms with Crippen molar-refractivity contribution >= 4 is 52.4 Å². The Morgan fingerprint density at radius 2 is 2.03 bits per heavy atom. The number of halogens is 3. The van der Waals surface area contributed by atoms with Crippen LogP contribution in [0.4, 0.5) is 32.3 Å². The van der Waals surface area contributed by atoms with Crippen molar-refractivity contribution in [1.29, 1.82) is 0 Å². The molecule has 4 rings (SSSR count). The molecule has 1 aliphatic rings. The quantitative estimate of drug-likeness (QED) is 0.446. The van der Waals surface area contributed by atoms with Crippen molar-refractivity contribution in [1.82, 2.24) is 14.9 Å². The normalized spacial score (nSPS) is 16.3. The predicted molar refractivity (Wildman–Crippen MR) is 137 cm³/mol. The van der Waals surface area contributed by atoms with Crippen LogP contribution in [-0.2, 0) is 6.54 Å². The van der Waals surface area contributed by atoms with Gasteiger partial charge in [-0.3, -0.25) is 4.90 Å². The highest BCUT2D eigenvalue weighted by atomic mass is 35.5. The van der Waals surface area contributed by atoms with Crippen molar-refractivity contribution in [2.75, 3.05) is 41.8 Å². The Labute approximate surface area is 212 Å². The number of carboxylic acid groups (broad SMARTS) is 1. The van der Waals surface area contributed by atoms with Crippen molar-refractivity contribution in [3.8, 4) is 0 Å². The lowest BCUT2D eigenvalue weighted by Crippen LogP contribution is -2.50. The predicted octanol–water partition coefficient (Wildman–Crippen LogP) is 5.49. The Morgan fingerprint density at radius 1 is 1.23 bits per heavy atom. The molecule has 1 unspecified atom stereocenters. The third-order valence-corrected chi connectivity index (χ3v) is 6.59. The number of carbonyl (C=O) groups is 1. The minimum atomic E-state index is -1.22. The van der Waals surface area contributed by atoms with E-state index in [0.29, 0.717) is 33.0 Å². The van der Waals surface area contributed by atoms with E-state index in [0.717, 1.165) is 24.5 Å². The van der Waals surface area contributed by atoms with E-state index in [9.17, 15) is 14.3 Å². The standard InChI is InChI=1S/C24H25Cl2FN6O2/c1-15-13-32(10-9-31(15)2)21-6-4-18(12-20(21)27)29-23-28-8-7-22(30-23)33(24(34)35)14-16-11-17(25)3-5-19(16)26/h3-8,11-12,15H,9-10,13-14H2,1-2H3,(H,34,35)(H,28,29,30). The van der Waals surface area contributed by atoms with E-state index in [-0.39, 0.29) is 24.1 Å². The molecule has 0 spiro atoms. The lowest BCUT2D eigenvalue weighted by atomic mass is 10.1. The molecule has 1 amide bonds. The fraction of sp³-hybridized carbons (Fsp3) is 0.292. The van der Waals surface area contributed by atoms with E-state index in [1.807, 2.05) is 4.90 Å². The summed E-state index contributed by atoms with van der Waals surface area (Å²) in [5.74, 6) is -0.0912. The molecule has 11 heteroatoms. The summed E-state index contributed by atoms with van der Waals surface area (Å²) >= 11 is 12.2. The number of hydrogen-bond acceptors (Lipinski definition) is 6. The first kappa shape index (κ1) is 25.0. The summed E-state index contributed by atoms with van der Waals surface area (Å²) in [7, 11) is 2.06. The summed E-state index contributed by atoms with van der Waals surface area (Å²) in [6.07, 6.45) is 0.207. The van der Waals surface area contributed by atoms with Gasteiger partial charge in [0.05, 0.1) is 12.2 Å². The average Bonchev–Trinajstić information content (AvgIpc) is 2.81. The van der Waals surface area contributed by atoms with Crippen LogP contribution >= 0.6 is 23.2 Å². The molecule has 0 aliphatic carbocycles. The number of piperazine rings is 1. The van der Waals surface area contributed by atoms with Gasteiger partial charge in [0.25, 0.3) is 0 Å². The molecule has 0 radical (unpaired) electrons. The topological polar surface area (TPSA) is 84.8 Å². The largest absolute Gasteiger partial charge is 0.465 e. The van der Waals surface area contributed by atoms with Gasteiger partial charge >= 0.3 is 6.09 Å². The van der Waals surface area contributed by atoms with Gasteiger partial charge in [0.2, 0.25) is 5.95 Å². The summed E-state index contributed by atoms with van der Waals surface area (Å²) in [6.45, 7) is 4.41. The first-order valence-electron chi connectivity index (χ1n) is 11.0. The summed E-state index contributed by atoms with van der Waals surface area (Å²) < 4.78 is 14.9. The van der Waals surface area contributed by atoms with Gasteiger partial charge in [-0.2, -0.15) is 4.98 Å². The van der Waals surface area contributed by atoms with Gasteiger partial charge in [-0.15, -0.1) is 0 Å². The van der Waals surface area contributed by atoms with Crippen LogP contribution < -0.4 is 15.1 Å². The second-order valence-electron chi connectivity index (χ2n) is 8.41. The highest BCUT2D eigenvalue weighted by Crippen LogP contribution is 2.28. The first-order chi connectivity index (χ1) is 16.7. The number of rotatable bonds is 6. The fourth-order valence-corrected chi connectivity index (χ4v) is 4.25. The third kappa shape index (κ3) is 5.93. The Bertz CT molecular complexity index is 1230. The molecule has 8 nitrogen and oxygen atoms in total. The molecule has 2 heterocycles. The fourth-order valence-electron chi connectivity index (χ4n) is 3.88. The Hall–Kier alpha value is -3.14. The van der Waals surface area contributed by atoms with Crippen LogP contribution in [-0.4, -0.2) is 58.8 Å². The van der Waals surface area contributed by atoms with E-state index < -0.39 is 6.09 Å². The Kier molecular flexibility index (Phi) is 7.59. The number of nitrogens with zero attached hydrogens (tertiary/aromatic N) is 5. The maximum absolute atomic E-state index is 14.9. The SMILES string of the molecule is CC1CN(c2ccc(Nc3nccc(N(Cc4cc(Cl)ccc4Cl)C(=O)O)n3)cc2F)CCN1C. The number of hydrogen-bond donors (Lipinski definition) is 2. The number of anilines is 4. The van der Waals surface area contributed by atoms with Crippen molar-refractivity contribution < 1.29 is 14.3 Å². The van der Waals surface area contributed by atoms with E-state index in [1.54, 1.807) is 30.3 Å². The molecule has 1 saturated heterocycles. The van der Waals surface area contributed by atoms with Crippen LogP contribution in [0, 0.1) is 5.82 Å². The Balaban J connectivity index is 1.52. The number of likely N-dealkylation sites (N-methyl/N-ethyl adjacent to an activating group) is 1. The molecule has 2 aromatic carbocycles. The van der Waals surface area contributed by atoms with Gasteiger partial charge in [0.15, 0.2) is 0 Å². The first-order valence-corrected chi connectivity index (χ1v) is 11.8. The molecular formula is C24H25Cl2FN6O2.